The second kappa shape index (κ2) is 8.55. The highest BCUT2D eigenvalue weighted by atomic mass is 35.5. The standard InChI is InChI=1S/C27H26ClF/c1-3-19-6-10-23(11-7-19)25-17-16-24(26(28)27(25)29)22-14-12-21(13-15-22)20-8-4-18(2)5-9-20/h6-8,10-18H,3-5,9H2,1-2H3. The van der Waals surface area contributed by atoms with Gasteiger partial charge in [-0.15, -0.1) is 0 Å². The third kappa shape index (κ3) is 4.16. The minimum Gasteiger partial charge on any atom is -0.205 e. The average molecular weight is 405 g/mol. The molecule has 0 N–H and O–H groups in total. The highest BCUT2D eigenvalue weighted by molar-refractivity contribution is 6.33. The Morgan fingerprint density at radius 3 is 2.07 bits per heavy atom. The van der Waals surface area contributed by atoms with Crippen LogP contribution in [-0.4, -0.2) is 0 Å². The van der Waals surface area contributed by atoms with Gasteiger partial charge >= 0.3 is 0 Å². The monoisotopic (exact) mass is 404 g/mol. The van der Waals surface area contributed by atoms with Crippen molar-refractivity contribution < 1.29 is 4.39 Å². The second-order valence-corrected chi connectivity index (χ2v) is 8.40. The van der Waals surface area contributed by atoms with Gasteiger partial charge in [-0.3, -0.25) is 0 Å². The Bertz CT molecular complexity index is 1030. The molecular formula is C27H26ClF. The molecule has 1 aliphatic carbocycles. The molecule has 29 heavy (non-hydrogen) atoms. The van der Waals surface area contributed by atoms with E-state index in [1.165, 1.54) is 23.1 Å². The third-order valence-electron chi connectivity index (χ3n) is 6.00. The first-order chi connectivity index (χ1) is 14.1. The van der Waals surface area contributed by atoms with E-state index < -0.39 is 0 Å². The molecule has 0 radical (unpaired) electrons. The molecule has 4 rings (SSSR count). The lowest BCUT2D eigenvalue weighted by molar-refractivity contribution is 0.534. The van der Waals surface area contributed by atoms with Crippen LogP contribution in [0.3, 0.4) is 0 Å². The first-order valence-corrected chi connectivity index (χ1v) is 10.8. The zero-order valence-electron chi connectivity index (χ0n) is 17.0. The molecule has 0 aromatic heterocycles. The van der Waals surface area contributed by atoms with Gasteiger partial charge in [-0.1, -0.05) is 92.2 Å². The van der Waals surface area contributed by atoms with E-state index in [0.717, 1.165) is 41.9 Å². The van der Waals surface area contributed by atoms with Crippen molar-refractivity contribution in [3.63, 3.8) is 0 Å². The fourth-order valence-electron chi connectivity index (χ4n) is 4.01. The number of aryl methyl sites for hydroxylation is 1. The predicted octanol–water partition coefficient (Wildman–Crippen LogP) is 8.58. The van der Waals surface area contributed by atoms with E-state index >= 15 is 4.39 Å². The molecule has 0 heterocycles. The Hall–Kier alpha value is -2.38. The summed E-state index contributed by atoms with van der Waals surface area (Å²) in [7, 11) is 0. The molecule has 2 heteroatoms. The largest absolute Gasteiger partial charge is 0.205 e. The Balaban J connectivity index is 1.63. The number of rotatable bonds is 4. The molecule has 1 atom stereocenters. The number of allylic oxidation sites excluding steroid dienone is 2. The second-order valence-electron chi connectivity index (χ2n) is 8.03. The zero-order valence-corrected chi connectivity index (χ0v) is 17.8. The van der Waals surface area contributed by atoms with Crippen molar-refractivity contribution in [2.75, 3.05) is 0 Å². The molecule has 0 amide bonds. The maximum atomic E-state index is 15.1. The van der Waals surface area contributed by atoms with Crippen molar-refractivity contribution in [1.82, 2.24) is 0 Å². The molecule has 0 spiro atoms. The van der Waals surface area contributed by atoms with Crippen LogP contribution in [0.4, 0.5) is 4.39 Å². The van der Waals surface area contributed by atoms with E-state index in [-0.39, 0.29) is 10.8 Å². The SMILES string of the molecule is CCc1ccc(-c2ccc(-c3ccc(C4=CCC(C)CC4)cc3)c(Cl)c2F)cc1. The van der Waals surface area contributed by atoms with Crippen molar-refractivity contribution in [3.05, 3.63) is 88.7 Å². The van der Waals surface area contributed by atoms with Crippen LogP contribution in [0, 0.1) is 11.7 Å². The van der Waals surface area contributed by atoms with E-state index in [4.69, 9.17) is 11.6 Å². The van der Waals surface area contributed by atoms with Gasteiger partial charge in [0.1, 0.15) is 5.82 Å². The van der Waals surface area contributed by atoms with E-state index in [1.807, 2.05) is 48.5 Å². The fourth-order valence-corrected chi connectivity index (χ4v) is 4.28. The smallest absolute Gasteiger partial charge is 0.150 e. The van der Waals surface area contributed by atoms with Crippen LogP contribution in [0.1, 0.15) is 44.2 Å². The maximum Gasteiger partial charge on any atom is 0.150 e. The lowest BCUT2D eigenvalue weighted by Gasteiger charge is -2.18. The number of halogens is 2. The summed E-state index contributed by atoms with van der Waals surface area (Å²) in [5.74, 6) is 0.415. The molecule has 0 saturated heterocycles. The Kier molecular flexibility index (Phi) is 5.87. The van der Waals surface area contributed by atoms with Crippen molar-refractivity contribution in [2.45, 2.75) is 39.5 Å². The molecule has 3 aromatic carbocycles. The molecule has 0 nitrogen and oxygen atoms in total. The Labute approximate surface area is 178 Å². The van der Waals surface area contributed by atoms with Crippen LogP contribution in [0.2, 0.25) is 5.02 Å². The van der Waals surface area contributed by atoms with Gasteiger partial charge in [0, 0.05) is 11.1 Å². The quantitative estimate of drug-likeness (QED) is 0.408. The summed E-state index contributed by atoms with van der Waals surface area (Å²) in [5, 5.41) is 0.181. The predicted molar refractivity (Wildman–Crippen MR) is 123 cm³/mol. The number of hydrogen-bond donors (Lipinski definition) is 0. The Morgan fingerprint density at radius 1 is 0.862 bits per heavy atom. The average Bonchev–Trinajstić information content (AvgIpc) is 2.76. The summed E-state index contributed by atoms with van der Waals surface area (Å²) in [4.78, 5) is 0. The molecule has 0 bridgehead atoms. The molecule has 3 aromatic rings. The van der Waals surface area contributed by atoms with Gasteiger partial charge in [0.05, 0.1) is 5.02 Å². The summed E-state index contributed by atoms with van der Waals surface area (Å²) in [6.07, 6.45) is 6.84. The van der Waals surface area contributed by atoms with E-state index in [0.29, 0.717) is 5.56 Å². The summed E-state index contributed by atoms with van der Waals surface area (Å²) < 4.78 is 15.1. The van der Waals surface area contributed by atoms with Gasteiger partial charge in [-0.2, -0.15) is 0 Å². The zero-order chi connectivity index (χ0) is 20.4. The molecule has 1 aliphatic rings. The van der Waals surface area contributed by atoms with Crippen LogP contribution in [0.15, 0.2) is 66.7 Å². The van der Waals surface area contributed by atoms with E-state index in [1.54, 1.807) is 0 Å². The van der Waals surface area contributed by atoms with Gasteiger partial charge in [0.15, 0.2) is 0 Å². The van der Waals surface area contributed by atoms with Gasteiger partial charge in [0.25, 0.3) is 0 Å². The van der Waals surface area contributed by atoms with Crippen LogP contribution in [0.25, 0.3) is 27.8 Å². The lowest BCUT2D eigenvalue weighted by atomic mass is 9.87. The van der Waals surface area contributed by atoms with E-state index in [2.05, 4.69) is 32.1 Å². The summed E-state index contributed by atoms with van der Waals surface area (Å²) >= 11 is 6.46. The molecule has 0 aliphatic heterocycles. The van der Waals surface area contributed by atoms with Crippen LogP contribution in [0.5, 0.6) is 0 Å². The van der Waals surface area contributed by atoms with Crippen molar-refractivity contribution in [2.24, 2.45) is 5.92 Å². The molecule has 148 valence electrons. The minimum absolute atomic E-state index is 0.181. The molecular weight excluding hydrogens is 379 g/mol. The van der Waals surface area contributed by atoms with Crippen molar-refractivity contribution >= 4 is 17.2 Å². The first kappa shape index (κ1) is 19.9. The highest BCUT2D eigenvalue weighted by Crippen LogP contribution is 2.37. The topological polar surface area (TPSA) is 0 Å². The Morgan fingerprint density at radius 2 is 1.45 bits per heavy atom. The van der Waals surface area contributed by atoms with Crippen LogP contribution in [-0.2, 0) is 6.42 Å². The van der Waals surface area contributed by atoms with Crippen LogP contribution < -0.4 is 0 Å². The van der Waals surface area contributed by atoms with Gasteiger partial charge < -0.3 is 0 Å². The van der Waals surface area contributed by atoms with Crippen molar-refractivity contribution in [3.8, 4) is 22.3 Å². The van der Waals surface area contributed by atoms with Gasteiger partial charge in [0.2, 0.25) is 0 Å². The summed E-state index contributed by atoms with van der Waals surface area (Å²) in [5.41, 5.74) is 6.97. The molecule has 0 fully saturated rings. The minimum atomic E-state index is -0.360. The van der Waals surface area contributed by atoms with Gasteiger partial charge in [-0.25, -0.2) is 4.39 Å². The molecule has 1 unspecified atom stereocenters. The third-order valence-corrected chi connectivity index (χ3v) is 6.36. The number of hydrogen-bond acceptors (Lipinski definition) is 0. The highest BCUT2D eigenvalue weighted by Gasteiger charge is 2.15. The normalized spacial score (nSPS) is 16.6. The summed E-state index contributed by atoms with van der Waals surface area (Å²) in [6.45, 7) is 4.41. The van der Waals surface area contributed by atoms with E-state index in [9.17, 15) is 0 Å². The maximum absolute atomic E-state index is 15.1. The summed E-state index contributed by atoms with van der Waals surface area (Å²) in [6, 6.07) is 20.1. The van der Waals surface area contributed by atoms with Gasteiger partial charge in [-0.05, 0) is 59.4 Å². The van der Waals surface area contributed by atoms with Crippen molar-refractivity contribution in [1.29, 1.82) is 0 Å². The van der Waals surface area contributed by atoms with Crippen LogP contribution >= 0.6 is 11.6 Å². The first-order valence-electron chi connectivity index (χ1n) is 10.4. The lowest BCUT2D eigenvalue weighted by Crippen LogP contribution is -2.00. The fraction of sp³-hybridized carbons (Fsp3) is 0.259. The number of benzene rings is 3. The molecule has 0 saturated carbocycles.